The number of rotatable bonds is 25. The van der Waals surface area contributed by atoms with E-state index in [0.29, 0.717) is 6.54 Å². The molecule has 15 nitrogen and oxygen atoms in total. The van der Waals surface area contributed by atoms with Crippen molar-refractivity contribution >= 4 is 27.8 Å². The Kier molecular flexibility index (Phi) is 21.4. The molecule has 0 aromatic heterocycles. The van der Waals surface area contributed by atoms with Gasteiger partial charge in [0.05, 0.1) is 19.0 Å². The highest BCUT2D eigenvalue weighted by Crippen LogP contribution is 2.22. The molecule has 264 valence electrons. The highest BCUT2D eigenvalue weighted by Gasteiger charge is 2.44. The van der Waals surface area contributed by atoms with Crippen LogP contribution in [0.4, 0.5) is 0 Å². The minimum Gasteiger partial charge on any atom is -0.394 e. The molecule has 3 amide bonds. The van der Waals surface area contributed by atoms with E-state index in [9.17, 15) is 43.2 Å². The Morgan fingerprint density at radius 1 is 0.778 bits per heavy atom. The van der Waals surface area contributed by atoms with E-state index in [1.807, 2.05) is 0 Å². The Hall–Kier alpha value is -1.92. The maximum atomic E-state index is 12.9. The van der Waals surface area contributed by atoms with Gasteiger partial charge in [-0.05, 0) is 6.42 Å². The van der Waals surface area contributed by atoms with E-state index in [4.69, 9.17) is 14.0 Å². The number of hydrogen-bond acceptors (Lipinski definition) is 11. The van der Waals surface area contributed by atoms with Gasteiger partial charge in [0, 0.05) is 25.9 Å². The van der Waals surface area contributed by atoms with Crippen molar-refractivity contribution in [2.45, 2.75) is 134 Å². The zero-order chi connectivity index (χ0) is 33.7. The van der Waals surface area contributed by atoms with Crippen molar-refractivity contribution in [1.82, 2.24) is 16.0 Å². The highest BCUT2D eigenvalue weighted by molar-refractivity contribution is 7.85. The smallest absolute Gasteiger partial charge is 0.266 e. The first kappa shape index (κ1) is 41.1. The van der Waals surface area contributed by atoms with Crippen LogP contribution < -0.4 is 16.0 Å². The van der Waals surface area contributed by atoms with Gasteiger partial charge in [-0.3, -0.25) is 18.9 Å². The third-order valence-electron chi connectivity index (χ3n) is 7.52. The van der Waals surface area contributed by atoms with Crippen LogP contribution in [0, 0.1) is 0 Å². The lowest BCUT2D eigenvalue weighted by atomic mass is 9.99. The first-order valence-electron chi connectivity index (χ1n) is 16.1. The normalized spacial score (nSPS) is 22.5. The number of carbonyl (C=O) groups is 3. The van der Waals surface area contributed by atoms with Crippen molar-refractivity contribution in [3.05, 3.63) is 0 Å². The molecule has 0 aromatic rings. The zero-order valence-electron chi connectivity index (χ0n) is 26.4. The summed E-state index contributed by atoms with van der Waals surface area (Å²) in [6.07, 6.45) is 5.54. The molecule has 16 heteroatoms. The van der Waals surface area contributed by atoms with Crippen molar-refractivity contribution in [1.29, 1.82) is 0 Å². The lowest BCUT2D eigenvalue weighted by Crippen LogP contribution is -2.60. The van der Waals surface area contributed by atoms with E-state index in [1.54, 1.807) is 0 Å². The molecule has 1 heterocycles. The van der Waals surface area contributed by atoms with Crippen molar-refractivity contribution in [2.24, 2.45) is 0 Å². The van der Waals surface area contributed by atoms with Crippen LogP contribution in [0.25, 0.3) is 0 Å². The fourth-order valence-electron chi connectivity index (χ4n) is 4.78. The molecular weight excluding hydrogens is 614 g/mol. The molecule has 6 atom stereocenters. The maximum Gasteiger partial charge on any atom is 0.266 e. The average molecular weight is 670 g/mol. The standard InChI is InChI=1S/C29H55N3O12S/c1-2-3-4-5-6-7-8-9-10-11-12-13-16-31-28(39)21(20-43-29-27(38)26(37)25(36)22(19-33)44-29)32-24(35)15-14-23(34)30-17-18-45(40,41)42/h21-22,25-27,29,33,36-38H,2-20H2,1H3,(H,30,34)(H,31,39)(H,32,35)(H,40,41,42)/t21?,22-,25+,26+,27-,29-/m1/s1. The van der Waals surface area contributed by atoms with E-state index in [2.05, 4.69) is 22.9 Å². The van der Waals surface area contributed by atoms with Crippen molar-refractivity contribution in [3.63, 3.8) is 0 Å². The van der Waals surface area contributed by atoms with E-state index in [0.717, 1.165) is 25.7 Å². The zero-order valence-corrected chi connectivity index (χ0v) is 27.2. The second-order valence-corrected chi connectivity index (χ2v) is 13.0. The maximum absolute atomic E-state index is 12.9. The van der Waals surface area contributed by atoms with Gasteiger partial charge in [-0.1, -0.05) is 77.6 Å². The lowest BCUT2D eigenvalue weighted by molar-refractivity contribution is -0.301. The Balaban J connectivity index is 2.54. The molecule has 0 saturated carbocycles. The average Bonchev–Trinajstić information content (AvgIpc) is 2.99. The molecule has 1 saturated heterocycles. The number of aliphatic hydroxyl groups excluding tert-OH is 4. The van der Waals surface area contributed by atoms with Crippen molar-refractivity contribution in [3.8, 4) is 0 Å². The topological polar surface area (TPSA) is 241 Å². The minimum atomic E-state index is -4.25. The summed E-state index contributed by atoms with van der Waals surface area (Å²) in [5.74, 6) is -2.60. The van der Waals surface area contributed by atoms with Crippen LogP contribution in [0.3, 0.4) is 0 Å². The third-order valence-corrected chi connectivity index (χ3v) is 8.24. The minimum absolute atomic E-state index is 0.321. The molecule has 0 radical (unpaired) electrons. The third kappa shape index (κ3) is 18.7. The summed E-state index contributed by atoms with van der Waals surface area (Å²) in [7, 11) is -4.25. The molecule has 1 unspecified atom stereocenters. The van der Waals surface area contributed by atoms with Crippen LogP contribution in [0.2, 0.25) is 0 Å². The number of hydrogen-bond donors (Lipinski definition) is 8. The largest absolute Gasteiger partial charge is 0.394 e. The molecule has 1 rings (SSSR count). The second kappa shape index (κ2) is 23.4. The van der Waals surface area contributed by atoms with Crippen LogP contribution in [0.15, 0.2) is 0 Å². The van der Waals surface area contributed by atoms with Crippen LogP contribution >= 0.6 is 0 Å². The van der Waals surface area contributed by atoms with Gasteiger partial charge >= 0.3 is 0 Å². The fraction of sp³-hybridized carbons (Fsp3) is 0.897. The van der Waals surface area contributed by atoms with E-state index < -0.39 is 83.6 Å². The molecule has 45 heavy (non-hydrogen) atoms. The Labute approximate surface area is 266 Å². The van der Waals surface area contributed by atoms with E-state index in [-0.39, 0.29) is 19.4 Å². The van der Waals surface area contributed by atoms with Crippen molar-refractivity contribution in [2.75, 3.05) is 32.1 Å². The van der Waals surface area contributed by atoms with Gasteiger partial charge in [-0.15, -0.1) is 0 Å². The van der Waals surface area contributed by atoms with Crippen LogP contribution in [0.1, 0.15) is 96.8 Å². The number of amides is 3. The predicted molar refractivity (Wildman–Crippen MR) is 164 cm³/mol. The number of carbonyl (C=O) groups excluding carboxylic acids is 3. The van der Waals surface area contributed by atoms with Gasteiger partial charge in [-0.25, -0.2) is 0 Å². The van der Waals surface area contributed by atoms with Gasteiger partial charge in [0.25, 0.3) is 10.1 Å². The van der Waals surface area contributed by atoms with Crippen LogP contribution in [-0.2, 0) is 34.0 Å². The molecule has 1 aliphatic rings. The molecule has 0 aromatic carbocycles. The van der Waals surface area contributed by atoms with Gasteiger partial charge in [0.2, 0.25) is 17.7 Å². The van der Waals surface area contributed by atoms with E-state index >= 15 is 0 Å². The van der Waals surface area contributed by atoms with Gasteiger partial charge < -0.3 is 45.9 Å². The molecule has 0 bridgehead atoms. The number of ether oxygens (including phenoxy) is 2. The molecule has 0 spiro atoms. The van der Waals surface area contributed by atoms with Gasteiger partial charge in [0.15, 0.2) is 6.29 Å². The quantitative estimate of drug-likeness (QED) is 0.0469. The fourth-order valence-corrected chi connectivity index (χ4v) is 5.14. The molecule has 8 N–H and O–H groups in total. The Morgan fingerprint density at radius 3 is 1.89 bits per heavy atom. The SMILES string of the molecule is CCCCCCCCCCCCCCNC(=O)C(CO[C@@H]1O[C@H](CO)[C@H](O)[C@H](O)[C@H]1O)NC(=O)CCC(=O)NCCS(=O)(=O)O. The second-order valence-electron chi connectivity index (χ2n) is 11.5. The van der Waals surface area contributed by atoms with Crippen LogP contribution in [0.5, 0.6) is 0 Å². The summed E-state index contributed by atoms with van der Waals surface area (Å²) in [5, 5.41) is 47.0. The number of nitrogens with one attached hydrogen (secondary N) is 3. The summed E-state index contributed by atoms with van der Waals surface area (Å²) in [5.41, 5.74) is 0. The summed E-state index contributed by atoms with van der Waals surface area (Å²) in [4.78, 5) is 37.4. The van der Waals surface area contributed by atoms with Crippen LogP contribution in [-0.4, -0.2) is 120 Å². The monoisotopic (exact) mass is 669 g/mol. The Bertz CT molecular complexity index is 953. The summed E-state index contributed by atoms with van der Waals surface area (Å²) in [6, 6.07) is -1.27. The first-order valence-corrected chi connectivity index (χ1v) is 17.7. The highest BCUT2D eigenvalue weighted by atomic mass is 32.2. The Morgan fingerprint density at radius 2 is 1.33 bits per heavy atom. The summed E-state index contributed by atoms with van der Waals surface area (Å²) in [6.45, 7) is 1.05. The van der Waals surface area contributed by atoms with Crippen molar-refractivity contribution < 1.29 is 57.3 Å². The van der Waals surface area contributed by atoms with Gasteiger partial charge in [0.1, 0.15) is 30.5 Å². The first-order chi connectivity index (χ1) is 21.4. The number of aliphatic hydroxyl groups is 4. The number of unbranched alkanes of at least 4 members (excludes halogenated alkanes) is 11. The lowest BCUT2D eigenvalue weighted by Gasteiger charge is -2.39. The van der Waals surface area contributed by atoms with E-state index in [1.165, 1.54) is 51.4 Å². The predicted octanol–water partition coefficient (Wildman–Crippen LogP) is -0.111. The molecule has 1 fully saturated rings. The summed E-state index contributed by atoms with van der Waals surface area (Å²) < 4.78 is 41.0. The summed E-state index contributed by atoms with van der Waals surface area (Å²) >= 11 is 0. The molecule has 0 aliphatic carbocycles. The van der Waals surface area contributed by atoms with Gasteiger partial charge in [-0.2, -0.15) is 8.42 Å². The molecule has 1 aliphatic heterocycles. The molecular formula is C29H55N3O12S.